The highest BCUT2D eigenvalue weighted by molar-refractivity contribution is 5.97. The molecule has 1 unspecified atom stereocenters. The van der Waals surface area contributed by atoms with Gasteiger partial charge in [-0.1, -0.05) is 0 Å². The molecule has 0 aromatic heterocycles. The number of carbonyl (C=O) groups excluding carboxylic acids is 2. The molecule has 0 aromatic carbocycles. The van der Waals surface area contributed by atoms with E-state index in [0.29, 0.717) is 4.90 Å². The Morgan fingerprint density at radius 1 is 1.35 bits per heavy atom. The first-order valence-electron chi connectivity index (χ1n) is 5.06. The number of carbonyl (C=O) groups is 3. The number of carboxylic acids is 1. The van der Waals surface area contributed by atoms with Crippen LogP contribution in [0.5, 0.6) is 0 Å². The van der Waals surface area contributed by atoms with E-state index in [9.17, 15) is 14.4 Å². The molecule has 98 valence electrons. The summed E-state index contributed by atoms with van der Waals surface area (Å²) in [5.41, 5.74) is 4.51. The normalized spacial score (nSPS) is 12.8. The van der Waals surface area contributed by atoms with E-state index in [1.807, 2.05) is 0 Å². The molecule has 7 heteroatoms. The average molecular weight is 246 g/mol. The summed E-state index contributed by atoms with van der Waals surface area (Å²) < 4.78 is 4.92. The molecule has 0 fully saturated rings. The SMILES string of the molecule is CC(N)C(=O)N(CC(=O)O)C(=O)OC(C)(C)C. The Kier molecular flexibility index (Phi) is 5.09. The average Bonchev–Trinajstić information content (AvgIpc) is 2.09. The van der Waals surface area contributed by atoms with Gasteiger partial charge < -0.3 is 15.6 Å². The van der Waals surface area contributed by atoms with Crippen LogP contribution in [0.2, 0.25) is 0 Å². The van der Waals surface area contributed by atoms with Crippen molar-refractivity contribution in [3.05, 3.63) is 0 Å². The first kappa shape index (κ1) is 15.4. The van der Waals surface area contributed by atoms with Crippen molar-refractivity contribution in [2.75, 3.05) is 6.54 Å². The van der Waals surface area contributed by atoms with E-state index in [-0.39, 0.29) is 0 Å². The van der Waals surface area contributed by atoms with Crippen LogP contribution in [0.4, 0.5) is 4.79 Å². The second-order valence-electron chi connectivity index (χ2n) is 4.59. The summed E-state index contributed by atoms with van der Waals surface area (Å²) in [6.07, 6.45) is -1.01. The number of imide groups is 1. The standard InChI is InChI=1S/C10H18N2O5/c1-6(11)8(15)12(5-7(13)14)9(16)17-10(2,3)4/h6H,5,11H2,1-4H3,(H,13,14). The third kappa shape index (κ3) is 5.86. The van der Waals surface area contributed by atoms with E-state index in [1.54, 1.807) is 20.8 Å². The van der Waals surface area contributed by atoms with E-state index in [2.05, 4.69) is 0 Å². The number of rotatable bonds is 3. The molecule has 0 saturated heterocycles. The van der Waals surface area contributed by atoms with Gasteiger partial charge in [0, 0.05) is 0 Å². The third-order valence-electron chi connectivity index (χ3n) is 1.56. The maximum atomic E-state index is 11.6. The van der Waals surface area contributed by atoms with Crippen LogP contribution >= 0.6 is 0 Å². The zero-order chi connectivity index (χ0) is 13.8. The Labute approximate surface area is 99.5 Å². The quantitative estimate of drug-likeness (QED) is 0.735. The van der Waals surface area contributed by atoms with Gasteiger partial charge in [-0.05, 0) is 27.7 Å². The van der Waals surface area contributed by atoms with Gasteiger partial charge in [-0.3, -0.25) is 9.59 Å². The number of amides is 2. The first-order valence-corrected chi connectivity index (χ1v) is 5.06. The number of aliphatic carboxylic acids is 1. The van der Waals surface area contributed by atoms with Crippen molar-refractivity contribution in [2.24, 2.45) is 5.73 Å². The Hall–Kier alpha value is -1.63. The minimum Gasteiger partial charge on any atom is -0.480 e. The lowest BCUT2D eigenvalue weighted by Gasteiger charge is -2.26. The van der Waals surface area contributed by atoms with Crippen LogP contribution in [0.1, 0.15) is 27.7 Å². The molecule has 3 N–H and O–H groups in total. The first-order chi connectivity index (χ1) is 7.54. The molecule has 0 saturated carbocycles. The number of ether oxygens (including phenoxy) is 1. The third-order valence-corrected chi connectivity index (χ3v) is 1.56. The highest BCUT2D eigenvalue weighted by Crippen LogP contribution is 2.10. The Bertz CT molecular complexity index is 319. The van der Waals surface area contributed by atoms with Crippen molar-refractivity contribution < 1.29 is 24.2 Å². The van der Waals surface area contributed by atoms with Crippen LogP contribution in [0.3, 0.4) is 0 Å². The van der Waals surface area contributed by atoms with Crippen LogP contribution in [0.15, 0.2) is 0 Å². The van der Waals surface area contributed by atoms with Crippen molar-refractivity contribution in [1.82, 2.24) is 4.90 Å². The molecular formula is C10H18N2O5. The summed E-state index contributed by atoms with van der Waals surface area (Å²) in [6, 6.07) is -0.970. The number of nitrogens with zero attached hydrogens (tertiary/aromatic N) is 1. The Morgan fingerprint density at radius 2 is 1.82 bits per heavy atom. The van der Waals surface area contributed by atoms with E-state index < -0.39 is 36.2 Å². The summed E-state index contributed by atoms with van der Waals surface area (Å²) in [6.45, 7) is 5.43. The Morgan fingerprint density at radius 3 is 2.12 bits per heavy atom. The Balaban J connectivity index is 4.86. The molecule has 0 rings (SSSR count). The molecule has 0 heterocycles. The molecule has 0 aliphatic rings. The molecule has 0 spiro atoms. The molecule has 0 aliphatic heterocycles. The van der Waals surface area contributed by atoms with Crippen LogP contribution in [-0.2, 0) is 14.3 Å². The number of nitrogens with two attached hydrogens (primary N) is 1. The number of hydrogen-bond acceptors (Lipinski definition) is 5. The maximum Gasteiger partial charge on any atom is 0.417 e. The highest BCUT2D eigenvalue weighted by atomic mass is 16.6. The summed E-state index contributed by atoms with van der Waals surface area (Å²) in [4.78, 5) is 34.2. The van der Waals surface area contributed by atoms with Gasteiger partial charge >= 0.3 is 12.1 Å². The van der Waals surface area contributed by atoms with Crippen LogP contribution < -0.4 is 5.73 Å². The van der Waals surface area contributed by atoms with Crippen LogP contribution in [0, 0.1) is 0 Å². The van der Waals surface area contributed by atoms with Gasteiger partial charge in [-0.25, -0.2) is 9.69 Å². The van der Waals surface area contributed by atoms with Gasteiger partial charge in [0.25, 0.3) is 0 Å². The molecule has 0 bridgehead atoms. The van der Waals surface area contributed by atoms with Crippen LogP contribution in [0.25, 0.3) is 0 Å². The summed E-state index contributed by atoms with van der Waals surface area (Å²) >= 11 is 0. The monoisotopic (exact) mass is 246 g/mol. The van der Waals surface area contributed by atoms with Crippen molar-refractivity contribution in [2.45, 2.75) is 39.3 Å². The predicted molar refractivity (Wildman–Crippen MR) is 59.2 cm³/mol. The van der Waals surface area contributed by atoms with E-state index >= 15 is 0 Å². The van der Waals surface area contributed by atoms with Gasteiger partial charge in [-0.2, -0.15) is 0 Å². The fourth-order valence-corrected chi connectivity index (χ4v) is 0.931. The lowest BCUT2D eigenvalue weighted by molar-refractivity contribution is -0.144. The fraction of sp³-hybridized carbons (Fsp3) is 0.700. The van der Waals surface area contributed by atoms with E-state index in [4.69, 9.17) is 15.6 Å². The van der Waals surface area contributed by atoms with Gasteiger partial charge in [0.15, 0.2) is 0 Å². The number of hydrogen-bond donors (Lipinski definition) is 2. The molecule has 0 radical (unpaired) electrons. The fourth-order valence-electron chi connectivity index (χ4n) is 0.931. The second kappa shape index (κ2) is 5.62. The minimum atomic E-state index is -1.31. The van der Waals surface area contributed by atoms with Gasteiger partial charge in [0.2, 0.25) is 5.91 Å². The summed E-state index contributed by atoms with van der Waals surface area (Å²) in [5.74, 6) is -2.11. The summed E-state index contributed by atoms with van der Waals surface area (Å²) in [7, 11) is 0. The molecule has 17 heavy (non-hydrogen) atoms. The zero-order valence-corrected chi connectivity index (χ0v) is 10.4. The molecule has 7 nitrogen and oxygen atoms in total. The van der Waals surface area contributed by atoms with Crippen molar-refractivity contribution in [3.8, 4) is 0 Å². The zero-order valence-electron chi connectivity index (χ0n) is 10.4. The predicted octanol–water partition coefficient (Wildman–Crippen LogP) is 0.182. The van der Waals surface area contributed by atoms with Gasteiger partial charge in [0.05, 0.1) is 6.04 Å². The van der Waals surface area contributed by atoms with Gasteiger partial charge in [-0.15, -0.1) is 0 Å². The second-order valence-corrected chi connectivity index (χ2v) is 4.59. The number of carboxylic acid groups (broad SMARTS) is 1. The summed E-state index contributed by atoms with van der Waals surface area (Å²) in [5, 5.41) is 8.62. The van der Waals surface area contributed by atoms with Crippen molar-refractivity contribution in [1.29, 1.82) is 0 Å². The minimum absolute atomic E-state index is 0.484. The van der Waals surface area contributed by atoms with E-state index in [1.165, 1.54) is 6.92 Å². The lowest BCUT2D eigenvalue weighted by Crippen LogP contribution is -2.49. The molecule has 2 amide bonds. The maximum absolute atomic E-state index is 11.6. The lowest BCUT2D eigenvalue weighted by atomic mass is 10.2. The topological polar surface area (TPSA) is 110 Å². The van der Waals surface area contributed by atoms with E-state index in [0.717, 1.165) is 0 Å². The smallest absolute Gasteiger partial charge is 0.417 e. The largest absolute Gasteiger partial charge is 0.480 e. The van der Waals surface area contributed by atoms with Crippen molar-refractivity contribution >= 4 is 18.0 Å². The molecule has 0 aromatic rings. The molecular weight excluding hydrogens is 228 g/mol. The van der Waals surface area contributed by atoms with Gasteiger partial charge in [0.1, 0.15) is 12.1 Å². The highest BCUT2D eigenvalue weighted by Gasteiger charge is 2.30. The van der Waals surface area contributed by atoms with Crippen LogP contribution in [-0.4, -0.2) is 46.2 Å². The van der Waals surface area contributed by atoms with Crippen molar-refractivity contribution in [3.63, 3.8) is 0 Å². The molecule has 1 atom stereocenters. The molecule has 0 aliphatic carbocycles.